The molecule has 3 rings (SSSR count). The highest BCUT2D eigenvalue weighted by atomic mass is 32.1. The van der Waals surface area contributed by atoms with E-state index < -0.39 is 0 Å². The Morgan fingerprint density at radius 3 is 2.96 bits per heavy atom. The van der Waals surface area contributed by atoms with Crippen molar-refractivity contribution in [1.29, 1.82) is 0 Å². The van der Waals surface area contributed by atoms with Crippen LogP contribution in [0.4, 0.5) is 5.13 Å². The van der Waals surface area contributed by atoms with Crippen molar-refractivity contribution in [3.8, 4) is 0 Å². The maximum atomic E-state index is 12.5. The molecule has 2 aromatic heterocycles. The van der Waals surface area contributed by atoms with Gasteiger partial charge in [-0.05, 0) is 30.5 Å². The Morgan fingerprint density at radius 1 is 1.42 bits per heavy atom. The van der Waals surface area contributed by atoms with Crippen molar-refractivity contribution in [2.75, 3.05) is 5.73 Å². The molecule has 0 bridgehead atoms. The van der Waals surface area contributed by atoms with Crippen LogP contribution in [0.1, 0.15) is 35.5 Å². The summed E-state index contributed by atoms with van der Waals surface area (Å²) in [7, 11) is 0. The number of anilines is 1. The monoisotopic (exact) mass is 343 g/mol. The molecule has 126 valence electrons. The number of nitrogens with one attached hydrogen (secondary N) is 1. The molecule has 0 unspecified atom stereocenters. The number of thiazole rings is 1. The summed E-state index contributed by atoms with van der Waals surface area (Å²) in [5, 5.41) is 3.48. The predicted octanol–water partition coefficient (Wildman–Crippen LogP) is 2.97. The van der Waals surface area contributed by atoms with Gasteiger partial charge in [-0.2, -0.15) is 0 Å². The Bertz CT molecular complexity index is 880. The van der Waals surface area contributed by atoms with Gasteiger partial charge in [-0.15, -0.1) is 0 Å². The van der Waals surface area contributed by atoms with Gasteiger partial charge in [0.25, 0.3) is 5.91 Å². The standard InChI is InChI=1S/C17H21N5OS/c1-10(2)8-22-9-19-6-13(22)7-20-16(23)12-4-11(3)15-14(5-12)24-17(18)21-15/h4-6,9-10H,7-8H2,1-3H3,(H2,18,21)(H,20,23). The zero-order valence-electron chi connectivity index (χ0n) is 14.0. The quantitative estimate of drug-likeness (QED) is 0.746. The van der Waals surface area contributed by atoms with Crippen molar-refractivity contribution in [3.05, 3.63) is 41.5 Å². The molecule has 0 saturated heterocycles. The van der Waals surface area contributed by atoms with Crippen molar-refractivity contribution < 1.29 is 4.79 Å². The number of amides is 1. The SMILES string of the molecule is Cc1cc(C(=O)NCc2cncn2CC(C)C)cc2sc(N)nc12. The van der Waals surface area contributed by atoms with Crippen molar-refractivity contribution in [2.45, 2.75) is 33.9 Å². The van der Waals surface area contributed by atoms with E-state index in [9.17, 15) is 4.79 Å². The zero-order chi connectivity index (χ0) is 17.3. The fraction of sp³-hybridized carbons (Fsp3) is 0.353. The van der Waals surface area contributed by atoms with Gasteiger partial charge in [0, 0.05) is 18.3 Å². The summed E-state index contributed by atoms with van der Waals surface area (Å²) in [6.07, 6.45) is 3.60. The van der Waals surface area contributed by atoms with Crippen molar-refractivity contribution in [3.63, 3.8) is 0 Å². The molecule has 0 radical (unpaired) electrons. The van der Waals surface area contributed by atoms with Gasteiger partial charge in [0.2, 0.25) is 0 Å². The van der Waals surface area contributed by atoms with Crippen molar-refractivity contribution >= 4 is 32.6 Å². The van der Waals surface area contributed by atoms with E-state index in [1.807, 2.05) is 19.1 Å². The molecule has 0 aliphatic carbocycles. The van der Waals surface area contributed by atoms with Gasteiger partial charge in [0.15, 0.2) is 5.13 Å². The lowest BCUT2D eigenvalue weighted by atomic mass is 10.1. The van der Waals surface area contributed by atoms with Crippen LogP contribution in [0.3, 0.4) is 0 Å². The Morgan fingerprint density at radius 2 is 2.21 bits per heavy atom. The number of carbonyl (C=O) groups excluding carboxylic acids is 1. The first-order chi connectivity index (χ1) is 11.4. The van der Waals surface area contributed by atoms with Gasteiger partial charge in [-0.1, -0.05) is 25.2 Å². The summed E-state index contributed by atoms with van der Waals surface area (Å²) in [4.78, 5) is 21.0. The largest absolute Gasteiger partial charge is 0.375 e. The second-order valence-electron chi connectivity index (χ2n) is 6.31. The topological polar surface area (TPSA) is 85.8 Å². The summed E-state index contributed by atoms with van der Waals surface area (Å²) >= 11 is 1.40. The first kappa shape index (κ1) is 16.4. The minimum absolute atomic E-state index is 0.107. The summed E-state index contributed by atoms with van der Waals surface area (Å²) in [5.41, 5.74) is 9.20. The van der Waals surface area contributed by atoms with E-state index in [0.29, 0.717) is 23.2 Å². The summed E-state index contributed by atoms with van der Waals surface area (Å²) in [6, 6.07) is 3.69. The van der Waals surface area contributed by atoms with E-state index in [-0.39, 0.29) is 5.91 Å². The molecule has 0 saturated carbocycles. The van der Waals surface area contributed by atoms with Crippen LogP contribution >= 0.6 is 11.3 Å². The molecule has 0 spiro atoms. The van der Waals surface area contributed by atoms with E-state index in [1.54, 1.807) is 12.5 Å². The molecule has 3 aromatic rings. The van der Waals surface area contributed by atoms with E-state index in [2.05, 4.69) is 33.7 Å². The molecule has 2 heterocycles. The number of rotatable bonds is 5. The maximum Gasteiger partial charge on any atom is 0.251 e. The summed E-state index contributed by atoms with van der Waals surface area (Å²) in [6.45, 7) is 7.59. The Labute approximate surface area is 144 Å². The smallest absolute Gasteiger partial charge is 0.251 e. The van der Waals surface area contributed by atoms with Crippen LogP contribution in [0.25, 0.3) is 10.2 Å². The van der Waals surface area contributed by atoms with Gasteiger partial charge in [0.1, 0.15) is 0 Å². The van der Waals surface area contributed by atoms with E-state index >= 15 is 0 Å². The normalized spacial score (nSPS) is 11.3. The molecule has 0 atom stereocenters. The van der Waals surface area contributed by atoms with E-state index in [4.69, 9.17) is 5.73 Å². The number of benzene rings is 1. The minimum atomic E-state index is -0.107. The number of fused-ring (bicyclic) bond motifs is 1. The van der Waals surface area contributed by atoms with E-state index in [1.165, 1.54) is 11.3 Å². The van der Waals surface area contributed by atoms with Crippen molar-refractivity contribution in [1.82, 2.24) is 19.9 Å². The first-order valence-corrected chi connectivity index (χ1v) is 8.69. The third-order valence-electron chi connectivity index (χ3n) is 3.75. The van der Waals surface area contributed by atoms with E-state index in [0.717, 1.165) is 28.0 Å². The fourth-order valence-corrected chi connectivity index (χ4v) is 3.52. The number of aromatic nitrogens is 3. The van der Waals surface area contributed by atoms with Gasteiger partial charge in [-0.25, -0.2) is 9.97 Å². The number of nitrogens with two attached hydrogens (primary N) is 1. The Balaban J connectivity index is 1.75. The number of hydrogen-bond acceptors (Lipinski definition) is 5. The number of aryl methyl sites for hydroxylation is 1. The molecule has 1 amide bonds. The third-order valence-corrected chi connectivity index (χ3v) is 4.59. The molecule has 7 heteroatoms. The molecular formula is C17H21N5OS. The van der Waals surface area contributed by atoms with Crippen LogP contribution in [-0.4, -0.2) is 20.4 Å². The van der Waals surface area contributed by atoms with Gasteiger partial charge in [-0.3, -0.25) is 4.79 Å². The van der Waals surface area contributed by atoms with Crippen LogP contribution in [-0.2, 0) is 13.1 Å². The number of imidazole rings is 1. The Kier molecular flexibility index (Phi) is 4.53. The maximum absolute atomic E-state index is 12.5. The molecule has 0 aliphatic heterocycles. The van der Waals surface area contributed by atoms with Crippen LogP contribution < -0.4 is 11.1 Å². The van der Waals surface area contributed by atoms with Crippen LogP contribution in [0.2, 0.25) is 0 Å². The van der Waals surface area contributed by atoms with Gasteiger partial charge in [0.05, 0.1) is 28.8 Å². The number of carbonyl (C=O) groups is 1. The number of nitrogens with zero attached hydrogens (tertiary/aromatic N) is 3. The highest BCUT2D eigenvalue weighted by molar-refractivity contribution is 7.22. The molecule has 0 aliphatic rings. The lowest BCUT2D eigenvalue weighted by molar-refractivity contribution is 0.0950. The first-order valence-electron chi connectivity index (χ1n) is 7.88. The second kappa shape index (κ2) is 6.60. The molecule has 6 nitrogen and oxygen atoms in total. The fourth-order valence-electron chi connectivity index (χ4n) is 2.67. The average Bonchev–Trinajstić information content (AvgIpc) is 3.10. The van der Waals surface area contributed by atoms with Crippen molar-refractivity contribution in [2.24, 2.45) is 5.92 Å². The van der Waals surface area contributed by atoms with Crippen LogP contribution in [0.15, 0.2) is 24.7 Å². The lowest BCUT2D eigenvalue weighted by Gasteiger charge is -2.11. The summed E-state index contributed by atoms with van der Waals surface area (Å²) < 4.78 is 3.01. The van der Waals surface area contributed by atoms with Crippen LogP contribution in [0.5, 0.6) is 0 Å². The number of hydrogen-bond donors (Lipinski definition) is 2. The van der Waals surface area contributed by atoms with Gasteiger partial charge >= 0.3 is 0 Å². The predicted molar refractivity (Wildman–Crippen MR) is 97.0 cm³/mol. The highest BCUT2D eigenvalue weighted by Gasteiger charge is 2.12. The average molecular weight is 343 g/mol. The molecular weight excluding hydrogens is 322 g/mol. The number of nitrogen functional groups attached to an aromatic ring is 1. The second-order valence-corrected chi connectivity index (χ2v) is 7.37. The molecule has 24 heavy (non-hydrogen) atoms. The Hall–Kier alpha value is -2.41. The highest BCUT2D eigenvalue weighted by Crippen LogP contribution is 2.27. The van der Waals surface area contributed by atoms with Gasteiger partial charge < -0.3 is 15.6 Å². The molecule has 0 fully saturated rings. The lowest BCUT2D eigenvalue weighted by Crippen LogP contribution is -2.24. The zero-order valence-corrected chi connectivity index (χ0v) is 14.9. The molecule has 3 N–H and O–H groups in total. The molecule has 1 aromatic carbocycles. The van der Waals surface area contributed by atoms with Crippen LogP contribution in [0, 0.1) is 12.8 Å². The summed E-state index contributed by atoms with van der Waals surface area (Å²) in [5.74, 6) is 0.416. The third kappa shape index (κ3) is 3.41. The minimum Gasteiger partial charge on any atom is -0.375 e.